The van der Waals surface area contributed by atoms with Gasteiger partial charge in [0.15, 0.2) is 0 Å². The molecule has 0 fully saturated rings. The minimum Gasteiger partial charge on any atom is -0.495 e. The van der Waals surface area contributed by atoms with Crippen molar-refractivity contribution in [2.45, 2.75) is 6.10 Å². The van der Waals surface area contributed by atoms with Crippen LogP contribution in [0.25, 0.3) is 0 Å². The highest BCUT2D eigenvalue weighted by molar-refractivity contribution is 7.07. The van der Waals surface area contributed by atoms with E-state index in [2.05, 4.69) is 10.6 Å². The van der Waals surface area contributed by atoms with Gasteiger partial charge >= 0.3 is 6.03 Å². The van der Waals surface area contributed by atoms with Gasteiger partial charge in [-0.2, -0.15) is 11.3 Å². The summed E-state index contributed by atoms with van der Waals surface area (Å²) in [6.07, 6.45) is -0.704. The number of carbonyl (C=O) groups is 1. The van der Waals surface area contributed by atoms with E-state index in [1.807, 2.05) is 22.9 Å². The van der Waals surface area contributed by atoms with Gasteiger partial charge in [0.05, 0.1) is 18.9 Å². The van der Waals surface area contributed by atoms with Crippen LogP contribution >= 0.6 is 11.3 Å². The lowest BCUT2D eigenvalue weighted by Crippen LogP contribution is -2.32. The Hall–Kier alpha value is -2.05. The number of hydrogen-bond donors (Lipinski definition) is 3. The maximum absolute atomic E-state index is 11.8. The van der Waals surface area contributed by atoms with Crippen LogP contribution in [-0.2, 0) is 0 Å². The van der Waals surface area contributed by atoms with Crippen LogP contribution in [0.5, 0.6) is 5.75 Å². The van der Waals surface area contributed by atoms with Crippen LogP contribution in [0, 0.1) is 0 Å². The van der Waals surface area contributed by atoms with Gasteiger partial charge < -0.3 is 20.5 Å². The molecule has 0 spiro atoms. The van der Waals surface area contributed by atoms with Crippen molar-refractivity contribution in [1.82, 2.24) is 5.32 Å². The van der Waals surface area contributed by atoms with E-state index in [-0.39, 0.29) is 12.6 Å². The number of aliphatic hydroxyl groups excluding tert-OH is 1. The molecule has 0 bridgehead atoms. The molecular weight excluding hydrogens is 276 g/mol. The van der Waals surface area contributed by atoms with E-state index in [1.165, 1.54) is 11.3 Å². The van der Waals surface area contributed by atoms with Crippen LogP contribution in [0.2, 0.25) is 0 Å². The molecule has 1 atom stereocenters. The molecule has 2 aromatic rings. The number of hydrogen-bond acceptors (Lipinski definition) is 4. The Morgan fingerprint density at radius 1 is 1.40 bits per heavy atom. The molecule has 5 nitrogen and oxygen atoms in total. The van der Waals surface area contributed by atoms with Crippen molar-refractivity contribution in [3.05, 3.63) is 46.7 Å². The number of anilines is 1. The Labute approximate surface area is 121 Å². The third kappa shape index (κ3) is 3.72. The number of urea groups is 1. The number of benzene rings is 1. The number of nitrogens with one attached hydrogen (secondary N) is 2. The predicted octanol–water partition coefficient (Wildman–Crippen LogP) is 2.61. The van der Waals surface area contributed by atoms with E-state index < -0.39 is 6.10 Å². The maximum Gasteiger partial charge on any atom is 0.319 e. The first-order valence-corrected chi connectivity index (χ1v) is 7.03. The van der Waals surface area contributed by atoms with Gasteiger partial charge in [-0.15, -0.1) is 0 Å². The summed E-state index contributed by atoms with van der Waals surface area (Å²) in [6, 6.07) is 8.57. The molecule has 0 aliphatic rings. The molecule has 6 heteroatoms. The molecule has 1 aromatic carbocycles. The van der Waals surface area contributed by atoms with Gasteiger partial charge in [0, 0.05) is 6.54 Å². The van der Waals surface area contributed by atoms with E-state index >= 15 is 0 Å². The number of para-hydroxylation sites is 2. The molecule has 0 saturated carbocycles. The second-order valence-electron chi connectivity index (χ2n) is 4.11. The van der Waals surface area contributed by atoms with Crippen LogP contribution in [-0.4, -0.2) is 24.8 Å². The second kappa shape index (κ2) is 6.93. The van der Waals surface area contributed by atoms with E-state index in [9.17, 15) is 9.90 Å². The van der Waals surface area contributed by atoms with Gasteiger partial charge in [0.25, 0.3) is 0 Å². The summed E-state index contributed by atoms with van der Waals surface area (Å²) in [5.41, 5.74) is 1.38. The van der Waals surface area contributed by atoms with E-state index in [1.54, 1.807) is 25.3 Å². The number of ether oxygens (including phenoxy) is 1. The normalized spacial score (nSPS) is 11.7. The molecular formula is C14H16N2O3S. The lowest BCUT2D eigenvalue weighted by atomic mass is 10.2. The molecule has 1 heterocycles. The fourth-order valence-corrected chi connectivity index (χ4v) is 2.39. The SMILES string of the molecule is COc1ccccc1NC(=O)NCC(O)c1ccsc1. The summed E-state index contributed by atoms with van der Waals surface area (Å²) < 4.78 is 5.14. The Morgan fingerprint density at radius 3 is 2.90 bits per heavy atom. The first-order valence-electron chi connectivity index (χ1n) is 6.08. The summed E-state index contributed by atoms with van der Waals surface area (Å²) in [4.78, 5) is 11.8. The number of carbonyl (C=O) groups excluding carboxylic acids is 1. The van der Waals surface area contributed by atoms with Crippen molar-refractivity contribution < 1.29 is 14.6 Å². The van der Waals surface area contributed by atoms with Gasteiger partial charge in [-0.25, -0.2) is 4.79 Å². The molecule has 0 aliphatic carbocycles. The quantitative estimate of drug-likeness (QED) is 0.793. The minimum atomic E-state index is -0.704. The zero-order chi connectivity index (χ0) is 14.4. The Kier molecular flexibility index (Phi) is 4.97. The first-order chi connectivity index (χ1) is 9.70. The van der Waals surface area contributed by atoms with Gasteiger partial charge in [0.1, 0.15) is 5.75 Å². The maximum atomic E-state index is 11.8. The van der Waals surface area contributed by atoms with Crippen LogP contribution in [0.3, 0.4) is 0 Å². The average molecular weight is 292 g/mol. The number of rotatable bonds is 5. The molecule has 1 unspecified atom stereocenters. The van der Waals surface area contributed by atoms with E-state index in [4.69, 9.17) is 4.74 Å². The molecule has 0 aliphatic heterocycles. The third-order valence-electron chi connectivity index (χ3n) is 2.74. The lowest BCUT2D eigenvalue weighted by Gasteiger charge is -2.13. The van der Waals surface area contributed by atoms with E-state index in [0.29, 0.717) is 11.4 Å². The van der Waals surface area contributed by atoms with Crippen LogP contribution in [0.4, 0.5) is 10.5 Å². The van der Waals surface area contributed by atoms with Crippen molar-refractivity contribution in [2.75, 3.05) is 19.0 Å². The Balaban J connectivity index is 1.86. The molecule has 2 rings (SSSR count). The van der Waals surface area contributed by atoms with Crippen molar-refractivity contribution >= 4 is 23.1 Å². The zero-order valence-corrected chi connectivity index (χ0v) is 11.8. The van der Waals surface area contributed by atoms with Crippen molar-refractivity contribution in [3.8, 4) is 5.75 Å². The summed E-state index contributed by atoms with van der Waals surface area (Å²) in [6.45, 7) is 0.151. The Morgan fingerprint density at radius 2 is 2.20 bits per heavy atom. The molecule has 1 aromatic heterocycles. The highest BCUT2D eigenvalue weighted by atomic mass is 32.1. The highest BCUT2D eigenvalue weighted by Crippen LogP contribution is 2.22. The predicted molar refractivity (Wildman–Crippen MR) is 79.3 cm³/mol. The molecule has 2 amide bonds. The van der Waals surface area contributed by atoms with Crippen LogP contribution < -0.4 is 15.4 Å². The fourth-order valence-electron chi connectivity index (χ4n) is 1.69. The average Bonchev–Trinajstić information content (AvgIpc) is 2.99. The summed E-state index contributed by atoms with van der Waals surface area (Å²) in [5.74, 6) is 0.584. The molecule has 106 valence electrons. The largest absolute Gasteiger partial charge is 0.495 e. The van der Waals surface area contributed by atoms with Gasteiger partial charge in [-0.05, 0) is 34.5 Å². The summed E-state index contributed by atoms with van der Waals surface area (Å²) in [7, 11) is 1.54. The van der Waals surface area contributed by atoms with Crippen molar-refractivity contribution in [2.24, 2.45) is 0 Å². The Bertz CT molecular complexity index is 557. The van der Waals surface area contributed by atoms with Gasteiger partial charge in [-0.1, -0.05) is 12.1 Å². The minimum absolute atomic E-state index is 0.151. The van der Waals surface area contributed by atoms with Crippen LogP contribution in [0.1, 0.15) is 11.7 Å². The van der Waals surface area contributed by atoms with Gasteiger partial charge in [-0.3, -0.25) is 0 Å². The first kappa shape index (κ1) is 14.4. The van der Waals surface area contributed by atoms with E-state index in [0.717, 1.165) is 5.56 Å². The summed E-state index contributed by atoms with van der Waals surface area (Å²) in [5, 5.41) is 18.9. The van der Waals surface area contributed by atoms with Gasteiger partial charge in [0.2, 0.25) is 0 Å². The smallest absolute Gasteiger partial charge is 0.319 e. The number of methoxy groups -OCH3 is 1. The molecule has 20 heavy (non-hydrogen) atoms. The lowest BCUT2D eigenvalue weighted by molar-refractivity contribution is 0.175. The molecule has 0 radical (unpaired) electrons. The summed E-state index contributed by atoms with van der Waals surface area (Å²) >= 11 is 1.50. The fraction of sp³-hybridized carbons (Fsp3) is 0.214. The van der Waals surface area contributed by atoms with Crippen LogP contribution in [0.15, 0.2) is 41.1 Å². The number of amides is 2. The standard InChI is InChI=1S/C14H16N2O3S/c1-19-13-5-3-2-4-11(13)16-14(18)15-8-12(17)10-6-7-20-9-10/h2-7,9,12,17H,8H2,1H3,(H2,15,16,18). The number of aliphatic hydroxyl groups is 1. The zero-order valence-electron chi connectivity index (χ0n) is 11.0. The van der Waals surface area contributed by atoms with Crippen molar-refractivity contribution in [1.29, 1.82) is 0 Å². The second-order valence-corrected chi connectivity index (χ2v) is 4.89. The third-order valence-corrected chi connectivity index (χ3v) is 3.44. The van der Waals surface area contributed by atoms with Crippen molar-refractivity contribution in [3.63, 3.8) is 0 Å². The molecule has 0 saturated heterocycles. The molecule has 3 N–H and O–H groups in total. The number of thiophene rings is 1. The topological polar surface area (TPSA) is 70.6 Å². The monoisotopic (exact) mass is 292 g/mol. The highest BCUT2D eigenvalue weighted by Gasteiger charge is 2.11.